The van der Waals surface area contributed by atoms with Gasteiger partial charge in [0.15, 0.2) is 0 Å². The van der Waals surface area contributed by atoms with Crippen LogP contribution in [0, 0.1) is 0 Å². The van der Waals surface area contributed by atoms with E-state index in [2.05, 4.69) is 10.4 Å². The lowest BCUT2D eigenvalue weighted by molar-refractivity contribution is 0.0791. The van der Waals surface area contributed by atoms with Crippen molar-refractivity contribution in [2.75, 3.05) is 19.0 Å². The highest BCUT2D eigenvalue weighted by Crippen LogP contribution is 2.18. The van der Waals surface area contributed by atoms with Crippen LogP contribution in [0.3, 0.4) is 0 Å². The van der Waals surface area contributed by atoms with Gasteiger partial charge in [-0.15, -0.1) is 11.3 Å². The minimum absolute atomic E-state index is 0.204. The summed E-state index contributed by atoms with van der Waals surface area (Å²) >= 11 is 7.69. The number of aromatic nitrogens is 1. The van der Waals surface area contributed by atoms with Gasteiger partial charge in [-0.05, 0) is 30.0 Å². The first-order valence-corrected chi connectivity index (χ1v) is 7.28. The summed E-state index contributed by atoms with van der Waals surface area (Å²) in [7, 11) is 1.73. The summed E-state index contributed by atoms with van der Waals surface area (Å²) in [6, 6.07) is 7.26. The summed E-state index contributed by atoms with van der Waals surface area (Å²) in [4.78, 5) is 19.2. The number of thiophene rings is 1. The molecule has 0 spiro atoms. The van der Waals surface area contributed by atoms with Crippen molar-refractivity contribution in [3.05, 3.63) is 45.2 Å². The van der Waals surface area contributed by atoms with Gasteiger partial charge in [0.1, 0.15) is 11.5 Å². The molecular weight excluding hydrogens is 296 g/mol. The number of amides is 1. The van der Waals surface area contributed by atoms with E-state index in [1.54, 1.807) is 35.4 Å². The molecule has 3 N–H and O–H groups in total. The standard InChI is InChI=1S/C13H15ClN4OS/c1-18(7-6-9-3-2-8-20-9)13(19)12-10(14)4-5-11(16-12)17-15/h2-5,8H,6-7,15H2,1H3,(H,16,17). The van der Waals surface area contributed by atoms with E-state index >= 15 is 0 Å². The number of rotatable bonds is 5. The molecule has 0 aliphatic heterocycles. The van der Waals surface area contributed by atoms with Crippen molar-refractivity contribution in [2.24, 2.45) is 5.84 Å². The molecule has 20 heavy (non-hydrogen) atoms. The minimum atomic E-state index is -0.219. The number of anilines is 1. The second kappa shape index (κ2) is 6.69. The Hall–Kier alpha value is -1.63. The molecule has 0 aliphatic rings. The summed E-state index contributed by atoms with van der Waals surface area (Å²) in [5.41, 5.74) is 2.61. The predicted molar refractivity (Wildman–Crippen MR) is 82.0 cm³/mol. The number of carbonyl (C=O) groups is 1. The number of hydrogen-bond donors (Lipinski definition) is 2. The Kier molecular flexibility index (Phi) is 4.94. The first-order valence-electron chi connectivity index (χ1n) is 6.03. The van der Waals surface area contributed by atoms with E-state index in [-0.39, 0.29) is 11.6 Å². The van der Waals surface area contributed by atoms with Crippen LogP contribution >= 0.6 is 22.9 Å². The van der Waals surface area contributed by atoms with Crippen LogP contribution in [0.5, 0.6) is 0 Å². The molecule has 0 bridgehead atoms. The predicted octanol–water partition coefficient (Wildman–Crippen LogP) is 2.40. The molecule has 0 aliphatic carbocycles. The van der Waals surface area contributed by atoms with E-state index in [0.29, 0.717) is 17.4 Å². The van der Waals surface area contributed by atoms with Crippen LogP contribution in [0.15, 0.2) is 29.6 Å². The van der Waals surface area contributed by atoms with Crippen molar-refractivity contribution in [1.29, 1.82) is 0 Å². The van der Waals surface area contributed by atoms with Crippen molar-refractivity contribution in [2.45, 2.75) is 6.42 Å². The van der Waals surface area contributed by atoms with Gasteiger partial charge in [0.2, 0.25) is 0 Å². The molecule has 0 unspecified atom stereocenters. The molecular formula is C13H15ClN4OS. The molecule has 0 radical (unpaired) electrons. The molecule has 7 heteroatoms. The number of nitrogen functional groups attached to an aromatic ring is 1. The SMILES string of the molecule is CN(CCc1cccs1)C(=O)c1nc(NN)ccc1Cl. The fourth-order valence-electron chi connectivity index (χ4n) is 1.69. The van der Waals surface area contributed by atoms with Crippen LogP contribution in [-0.2, 0) is 6.42 Å². The van der Waals surface area contributed by atoms with Crippen molar-refractivity contribution >= 4 is 34.7 Å². The fraction of sp³-hybridized carbons (Fsp3) is 0.231. The Labute approximate surface area is 126 Å². The molecule has 2 aromatic rings. The maximum atomic E-state index is 12.3. The lowest BCUT2D eigenvalue weighted by Crippen LogP contribution is -2.30. The van der Waals surface area contributed by atoms with E-state index in [4.69, 9.17) is 17.4 Å². The first-order chi connectivity index (χ1) is 9.61. The van der Waals surface area contributed by atoms with Gasteiger partial charge in [0, 0.05) is 18.5 Å². The lowest BCUT2D eigenvalue weighted by atomic mass is 10.3. The quantitative estimate of drug-likeness (QED) is 0.657. The number of likely N-dealkylation sites (N-methyl/N-ethyl adjacent to an activating group) is 1. The summed E-state index contributed by atoms with van der Waals surface area (Å²) in [5, 5.41) is 2.34. The second-order valence-electron chi connectivity index (χ2n) is 4.23. The zero-order chi connectivity index (χ0) is 14.5. The normalized spacial score (nSPS) is 10.3. The van der Waals surface area contributed by atoms with Crippen molar-refractivity contribution in [3.8, 4) is 0 Å². The molecule has 2 rings (SSSR count). The van der Waals surface area contributed by atoms with E-state index < -0.39 is 0 Å². The molecule has 2 aromatic heterocycles. The maximum Gasteiger partial charge on any atom is 0.273 e. The zero-order valence-electron chi connectivity index (χ0n) is 11.0. The van der Waals surface area contributed by atoms with Crippen LogP contribution in [0.1, 0.15) is 15.4 Å². The highest BCUT2D eigenvalue weighted by Gasteiger charge is 2.17. The van der Waals surface area contributed by atoms with Crippen LogP contribution < -0.4 is 11.3 Å². The number of halogens is 1. The summed E-state index contributed by atoms with van der Waals surface area (Å²) in [5.74, 6) is 5.48. The van der Waals surface area contributed by atoms with Crippen molar-refractivity contribution in [3.63, 3.8) is 0 Å². The van der Waals surface area contributed by atoms with Gasteiger partial charge < -0.3 is 10.3 Å². The Balaban J connectivity index is 2.06. The fourth-order valence-corrected chi connectivity index (χ4v) is 2.57. The Bertz CT molecular complexity index is 588. The highest BCUT2D eigenvalue weighted by molar-refractivity contribution is 7.09. The van der Waals surface area contributed by atoms with Crippen LogP contribution in [0.4, 0.5) is 5.82 Å². The first kappa shape index (κ1) is 14.8. The molecule has 0 saturated heterocycles. The van der Waals surface area contributed by atoms with Crippen LogP contribution in [0.2, 0.25) is 5.02 Å². The maximum absolute atomic E-state index is 12.3. The lowest BCUT2D eigenvalue weighted by Gasteiger charge is -2.17. The monoisotopic (exact) mass is 310 g/mol. The molecule has 2 heterocycles. The number of nitrogens with zero attached hydrogens (tertiary/aromatic N) is 2. The van der Waals surface area contributed by atoms with Gasteiger partial charge in [-0.2, -0.15) is 0 Å². The third kappa shape index (κ3) is 3.47. The summed E-state index contributed by atoms with van der Waals surface area (Å²) < 4.78 is 0. The van der Waals surface area contributed by atoms with Gasteiger partial charge in [0.05, 0.1) is 5.02 Å². The second-order valence-corrected chi connectivity index (χ2v) is 5.67. The van der Waals surface area contributed by atoms with E-state index in [9.17, 15) is 4.79 Å². The average Bonchev–Trinajstić information content (AvgIpc) is 2.98. The molecule has 0 fully saturated rings. The smallest absolute Gasteiger partial charge is 0.273 e. The molecule has 1 amide bonds. The third-order valence-corrected chi connectivity index (χ3v) is 4.06. The van der Waals surface area contributed by atoms with Gasteiger partial charge in [0.25, 0.3) is 5.91 Å². The van der Waals surface area contributed by atoms with E-state index in [1.807, 2.05) is 17.5 Å². The molecule has 0 atom stereocenters. The molecule has 0 aromatic carbocycles. The van der Waals surface area contributed by atoms with Crippen LogP contribution in [0.25, 0.3) is 0 Å². The number of hydrazine groups is 1. The topological polar surface area (TPSA) is 71.2 Å². The largest absolute Gasteiger partial charge is 0.340 e. The van der Waals surface area contributed by atoms with Gasteiger partial charge in [-0.1, -0.05) is 17.7 Å². The highest BCUT2D eigenvalue weighted by atomic mass is 35.5. The summed E-state index contributed by atoms with van der Waals surface area (Å²) in [6.07, 6.45) is 0.812. The number of carbonyl (C=O) groups excluding carboxylic acids is 1. The Morgan fingerprint density at radius 1 is 1.50 bits per heavy atom. The molecule has 5 nitrogen and oxygen atoms in total. The van der Waals surface area contributed by atoms with E-state index in [0.717, 1.165) is 6.42 Å². The average molecular weight is 311 g/mol. The number of hydrogen-bond acceptors (Lipinski definition) is 5. The number of nitrogens with one attached hydrogen (secondary N) is 1. The third-order valence-electron chi connectivity index (χ3n) is 2.82. The Morgan fingerprint density at radius 3 is 2.95 bits per heavy atom. The number of pyridine rings is 1. The van der Waals surface area contributed by atoms with E-state index in [1.165, 1.54) is 4.88 Å². The van der Waals surface area contributed by atoms with Gasteiger partial charge in [-0.25, -0.2) is 10.8 Å². The van der Waals surface area contributed by atoms with Crippen molar-refractivity contribution in [1.82, 2.24) is 9.88 Å². The Morgan fingerprint density at radius 2 is 2.30 bits per heavy atom. The summed E-state index contributed by atoms with van der Waals surface area (Å²) in [6.45, 7) is 0.609. The zero-order valence-corrected chi connectivity index (χ0v) is 12.5. The van der Waals surface area contributed by atoms with Gasteiger partial charge in [-0.3, -0.25) is 4.79 Å². The molecule has 0 saturated carbocycles. The van der Waals surface area contributed by atoms with Crippen LogP contribution in [-0.4, -0.2) is 29.4 Å². The molecule has 106 valence electrons. The van der Waals surface area contributed by atoms with Crippen molar-refractivity contribution < 1.29 is 4.79 Å². The number of nitrogens with two attached hydrogens (primary N) is 1. The minimum Gasteiger partial charge on any atom is -0.340 e. The van der Waals surface area contributed by atoms with Gasteiger partial charge >= 0.3 is 0 Å².